The zero-order valence-corrected chi connectivity index (χ0v) is 32.1. The molecule has 2 N–H and O–H groups in total. The molecule has 0 radical (unpaired) electrons. The largest absolute Gasteiger partial charge is 0.493 e. The van der Waals surface area contributed by atoms with Crippen LogP contribution < -0.4 is 18.9 Å². The van der Waals surface area contributed by atoms with Gasteiger partial charge in [-0.2, -0.15) is 0 Å². The van der Waals surface area contributed by atoms with Gasteiger partial charge >= 0.3 is 0 Å². The average molecular weight is 747 g/mol. The van der Waals surface area contributed by atoms with E-state index in [1.807, 2.05) is 60.7 Å². The van der Waals surface area contributed by atoms with Crippen molar-refractivity contribution in [3.63, 3.8) is 0 Å². The Morgan fingerprint density at radius 3 is 1.20 bits per heavy atom. The second-order valence-corrected chi connectivity index (χ2v) is 14.2. The quantitative estimate of drug-likeness (QED) is 0.136. The maximum atomic E-state index is 13.0. The predicted molar refractivity (Wildman–Crippen MR) is 208 cm³/mol. The second kappa shape index (κ2) is 20.5. The summed E-state index contributed by atoms with van der Waals surface area (Å²) in [6.07, 6.45) is 4.45. The van der Waals surface area contributed by atoms with Gasteiger partial charge in [0.25, 0.3) is 0 Å². The number of hydrogen-bond donors (Lipinski definition) is 2. The summed E-state index contributed by atoms with van der Waals surface area (Å²) in [6, 6.07) is 24.7. The molecule has 0 saturated carbocycles. The minimum absolute atomic E-state index is 0.193. The molecule has 4 aromatic carbocycles. The maximum absolute atomic E-state index is 13.0. The molecule has 2 fully saturated rings. The van der Waals surface area contributed by atoms with Crippen LogP contribution in [0.15, 0.2) is 84.9 Å². The Bertz CT molecular complexity index is 1580. The first-order chi connectivity index (χ1) is 26.2. The molecule has 0 aliphatic carbocycles. The summed E-state index contributed by atoms with van der Waals surface area (Å²) in [5.74, 6) is 2.54. The highest BCUT2D eigenvalue weighted by Gasteiger charge is 2.30. The van der Waals surface area contributed by atoms with Crippen LogP contribution in [0.5, 0.6) is 23.0 Å². The second-order valence-electron chi connectivity index (χ2n) is 14.2. The van der Waals surface area contributed by atoms with Gasteiger partial charge in [0, 0.05) is 24.2 Å². The van der Waals surface area contributed by atoms with Gasteiger partial charge in [0.1, 0.15) is 11.6 Å². The van der Waals surface area contributed by atoms with E-state index in [2.05, 4.69) is 9.80 Å². The summed E-state index contributed by atoms with van der Waals surface area (Å²) in [4.78, 5) is 4.82. The number of piperidine rings is 2. The molecule has 54 heavy (non-hydrogen) atoms. The van der Waals surface area contributed by atoms with Crippen LogP contribution in [0, 0.1) is 23.5 Å². The Kier molecular flexibility index (Phi) is 15.5. The first kappa shape index (κ1) is 41.0. The lowest BCUT2D eigenvalue weighted by molar-refractivity contribution is 0.0571. The van der Waals surface area contributed by atoms with E-state index in [-0.39, 0.29) is 23.5 Å². The first-order valence-corrected chi connectivity index (χ1v) is 19.0. The number of benzene rings is 4. The molecule has 6 rings (SSSR count). The van der Waals surface area contributed by atoms with E-state index >= 15 is 0 Å². The van der Waals surface area contributed by atoms with Gasteiger partial charge in [-0.15, -0.1) is 0 Å². The van der Waals surface area contributed by atoms with E-state index in [9.17, 15) is 19.0 Å². The molecule has 10 heteroatoms. The van der Waals surface area contributed by atoms with Crippen molar-refractivity contribution >= 4 is 0 Å². The van der Waals surface area contributed by atoms with Crippen LogP contribution >= 0.6 is 0 Å². The zero-order chi connectivity index (χ0) is 38.5. The van der Waals surface area contributed by atoms with Crippen LogP contribution in [0.1, 0.15) is 60.1 Å². The Balaban J connectivity index is 0.000000208. The van der Waals surface area contributed by atoms with E-state index in [4.69, 9.17) is 18.9 Å². The van der Waals surface area contributed by atoms with Gasteiger partial charge in [-0.05, 0) is 124 Å². The Labute approximate surface area is 319 Å². The average Bonchev–Trinajstić information content (AvgIpc) is 3.22. The third kappa shape index (κ3) is 10.9. The molecule has 0 amide bonds. The van der Waals surface area contributed by atoms with Crippen LogP contribution in [-0.4, -0.2) is 87.7 Å². The molecular weight excluding hydrogens is 690 g/mol. The van der Waals surface area contributed by atoms with Crippen molar-refractivity contribution in [3.8, 4) is 23.0 Å². The normalized spacial score (nSPS) is 16.9. The summed E-state index contributed by atoms with van der Waals surface area (Å²) in [5, 5.41) is 21.8. The number of aliphatic hydroxyl groups is 2. The Hall–Kier alpha value is -4.22. The van der Waals surface area contributed by atoms with E-state index < -0.39 is 12.2 Å². The lowest BCUT2D eigenvalue weighted by Crippen LogP contribution is -2.36. The number of methoxy groups -OCH3 is 4. The van der Waals surface area contributed by atoms with Crippen molar-refractivity contribution < 1.29 is 37.9 Å². The van der Waals surface area contributed by atoms with Gasteiger partial charge in [-0.1, -0.05) is 48.5 Å². The lowest BCUT2D eigenvalue weighted by atomic mass is 9.87. The van der Waals surface area contributed by atoms with Gasteiger partial charge in [0.05, 0.1) is 40.6 Å². The SMILES string of the molecule is COc1cccc([C@H](O)C2CCN(CCc3ccc(F)cc3)CC2)c1OC.COc1cccc([C@H](O)C2CCN(CCc3ccc(F)cc3)CC2)c1OC. The number of aliphatic hydroxyl groups excluding tert-OH is 2. The van der Waals surface area contributed by atoms with Crippen molar-refractivity contribution in [2.24, 2.45) is 11.8 Å². The molecule has 0 unspecified atom stereocenters. The number of hydrogen-bond acceptors (Lipinski definition) is 8. The van der Waals surface area contributed by atoms with Gasteiger partial charge in [0.2, 0.25) is 0 Å². The summed E-state index contributed by atoms with van der Waals surface area (Å²) < 4.78 is 47.6. The van der Waals surface area contributed by atoms with Crippen molar-refractivity contribution in [2.45, 2.75) is 50.7 Å². The fraction of sp³-hybridized carbons (Fsp3) is 0.455. The minimum atomic E-state index is -0.561. The van der Waals surface area contributed by atoms with Gasteiger partial charge in [-0.25, -0.2) is 8.78 Å². The molecule has 4 aromatic rings. The Morgan fingerprint density at radius 1 is 0.537 bits per heavy atom. The van der Waals surface area contributed by atoms with Crippen LogP contribution in [0.2, 0.25) is 0 Å². The van der Waals surface area contributed by atoms with Crippen molar-refractivity contribution in [1.82, 2.24) is 9.80 Å². The molecule has 0 aromatic heterocycles. The smallest absolute Gasteiger partial charge is 0.166 e. The molecule has 2 saturated heterocycles. The number of para-hydroxylation sites is 2. The standard InChI is InChI=1S/2C22H28FNO3/c2*1-26-20-5-3-4-19(22(20)27-2)21(25)17-11-14-24(15-12-17)13-10-16-6-8-18(23)9-7-16/h2*3-9,17,21,25H,10-15H2,1-2H3/t2*21-/m11/s1. The number of rotatable bonds is 14. The minimum Gasteiger partial charge on any atom is -0.493 e. The first-order valence-electron chi connectivity index (χ1n) is 19.0. The number of nitrogens with zero attached hydrogens (tertiary/aromatic N) is 2. The van der Waals surface area contributed by atoms with Gasteiger partial charge < -0.3 is 39.0 Å². The van der Waals surface area contributed by atoms with Crippen LogP contribution in [0.25, 0.3) is 0 Å². The summed E-state index contributed by atoms with van der Waals surface area (Å²) in [6.45, 7) is 5.72. The number of likely N-dealkylation sites (tertiary alicyclic amines) is 2. The van der Waals surface area contributed by atoms with E-state index in [0.717, 1.165) is 100 Å². The van der Waals surface area contributed by atoms with Gasteiger partial charge in [-0.3, -0.25) is 0 Å². The molecular formula is C44H56F2N2O6. The highest BCUT2D eigenvalue weighted by atomic mass is 19.1. The number of halogens is 2. The molecule has 0 spiro atoms. The summed E-state index contributed by atoms with van der Waals surface area (Å²) >= 11 is 0. The highest BCUT2D eigenvalue weighted by Crippen LogP contribution is 2.41. The van der Waals surface area contributed by atoms with Gasteiger partial charge in [0.15, 0.2) is 23.0 Å². The maximum Gasteiger partial charge on any atom is 0.166 e. The molecule has 8 nitrogen and oxygen atoms in total. The third-order valence-electron chi connectivity index (χ3n) is 10.9. The van der Waals surface area contributed by atoms with Crippen LogP contribution in [-0.2, 0) is 12.8 Å². The van der Waals surface area contributed by atoms with Crippen molar-refractivity contribution in [1.29, 1.82) is 0 Å². The molecule has 2 aliphatic heterocycles. The molecule has 292 valence electrons. The Morgan fingerprint density at radius 2 is 0.889 bits per heavy atom. The lowest BCUT2D eigenvalue weighted by Gasteiger charge is -2.34. The van der Waals surface area contributed by atoms with E-state index in [0.29, 0.717) is 23.0 Å². The molecule has 2 atom stereocenters. The summed E-state index contributed by atoms with van der Waals surface area (Å²) in [5.41, 5.74) is 3.89. The zero-order valence-electron chi connectivity index (χ0n) is 32.1. The molecule has 2 heterocycles. The topological polar surface area (TPSA) is 83.9 Å². The molecule has 0 bridgehead atoms. The van der Waals surface area contributed by atoms with E-state index in [1.165, 1.54) is 24.3 Å². The van der Waals surface area contributed by atoms with E-state index in [1.54, 1.807) is 28.4 Å². The fourth-order valence-corrected chi connectivity index (χ4v) is 7.66. The van der Waals surface area contributed by atoms with Crippen LogP contribution in [0.3, 0.4) is 0 Å². The summed E-state index contributed by atoms with van der Waals surface area (Å²) in [7, 11) is 6.42. The molecule has 2 aliphatic rings. The third-order valence-corrected chi connectivity index (χ3v) is 10.9. The number of ether oxygens (including phenoxy) is 4. The monoisotopic (exact) mass is 746 g/mol. The fourth-order valence-electron chi connectivity index (χ4n) is 7.66. The highest BCUT2D eigenvalue weighted by molar-refractivity contribution is 5.48. The van der Waals surface area contributed by atoms with Crippen molar-refractivity contribution in [2.75, 3.05) is 67.7 Å². The van der Waals surface area contributed by atoms with Crippen molar-refractivity contribution in [3.05, 3.63) is 119 Å². The predicted octanol–water partition coefficient (Wildman–Crippen LogP) is 7.66. The van der Waals surface area contributed by atoms with Crippen LogP contribution in [0.4, 0.5) is 8.78 Å².